The Morgan fingerprint density at radius 1 is 1.07 bits per heavy atom. The van der Waals surface area contributed by atoms with Gasteiger partial charge in [0.05, 0.1) is 23.5 Å². The van der Waals surface area contributed by atoms with Gasteiger partial charge in [0.15, 0.2) is 5.82 Å². The van der Waals surface area contributed by atoms with Crippen LogP contribution in [-0.2, 0) is 4.74 Å². The van der Waals surface area contributed by atoms with Crippen LogP contribution in [0.5, 0.6) is 0 Å². The molecule has 0 unspecified atom stereocenters. The summed E-state index contributed by atoms with van der Waals surface area (Å²) in [6, 6.07) is 7.67. The van der Waals surface area contributed by atoms with Crippen molar-refractivity contribution in [1.29, 1.82) is 0 Å². The molecule has 1 amide bonds. The predicted molar refractivity (Wildman–Crippen MR) is 102 cm³/mol. The summed E-state index contributed by atoms with van der Waals surface area (Å²) in [5.41, 5.74) is 2.49. The second-order valence-electron chi connectivity index (χ2n) is 6.08. The van der Waals surface area contributed by atoms with Gasteiger partial charge in [-0.2, -0.15) is 8.75 Å². The number of tetrazole rings is 1. The fourth-order valence-corrected chi connectivity index (χ4v) is 3.07. The molecule has 0 atom stereocenters. The van der Waals surface area contributed by atoms with Gasteiger partial charge in [-0.15, -0.1) is 5.10 Å². The van der Waals surface area contributed by atoms with Crippen LogP contribution in [0.2, 0.25) is 0 Å². The minimum atomic E-state index is -0.433. The van der Waals surface area contributed by atoms with Crippen LogP contribution in [0.1, 0.15) is 13.8 Å². The fraction of sp³-hybridized carbons (Fsp3) is 0.176. The lowest BCUT2D eigenvalue weighted by Gasteiger charge is -2.23. The number of aromatic nitrogens is 6. The first-order chi connectivity index (χ1) is 13.6. The summed E-state index contributed by atoms with van der Waals surface area (Å²) < 4.78 is 15.6. The average molecular weight is 396 g/mol. The lowest BCUT2D eigenvalue weighted by Crippen LogP contribution is -2.28. The topological polar surface area (TPSA) is 102 Å². The van der Waals surface area contributed by atoms with Gasteiger partial charge in [0, 0.05) is 30.4 Å². The molecule has 1 aliphatic rings. The number of carbonyl (C=O) groups excluding carboxylic acids is 1. The lowest BCUT2D eigenvalue weighted by atomic mass is 10.1. The van der Waals surface area contributed by atoms with Crippen LogP contribution in [0, 0.1) is 0 Å². The van der Waals surface area contributed by atoms with Crippen LogP contribution in [0.15, 0.2) is 55.4 Å². The Morgan fingerprint density at radius 2 is 1.82 bits per heavy atom. The quantitative estimate of drug-likeness (QED) is 0.663. The number of benzene rings is 1. The Balaban J connectivity index is 1.52. The molecule has 0 aliphatic carbocycles. The molecular formula is C17H16N8O2S. The molecule has 0 N–H and O–H groups in total. The molecule has 4 rings (SSSR count). The number of ether oxygens (including phenoxy) is 1. The van der Waals surface area contributed by atoms with Gasteiger partial charge in [-0.3, -0.25) is 4.90 Å². The van der Waals surface area contributed by atoms with Crippen molar-refractivity contribution < 1.29 is 9.53 Å². The molecule has 1 aromatic carbocycles. The normalized spacial score (nSPS) is 13.4. The van der Waals surface area contributed by atoms with Gasteiger partial charge in [0.2, 0.25) is 0 Å². The molecule has 11 heteroatoms. The Kier molecular flexibility index (Phi) is 4.81. The van der Waals surface area contributed by atoms with E-state index in [1.165, 1.54) is 11.2 Å². The fourth-order valence-electron chi connectivity index (χ4n) is 2.50. The smallest absolute Gasteiger partial charge is 0.418 e. The summed E-state index contributed by atoms with van der Waals surface area (Å²) in [6.07, 6.45) is 7.62. The maximum atomic E-state index is 12.0. The van der Waals surface area contributed by atoms with Gasteiger partial charge < -0.3 is 9.64 Å². The number of hydrogen-bond donors (Lipinski definition) is 0. The summed E-state index contributed by atoms with van der Waals surface area (Å²) in [7, 11) is 0. The van der Waals surface area contributed by atoms with Crippen molar-refractivity contribution in [2.45, 2.75) is 20.0 Å². The number of rotatable bonds is 4. The van der Waals surface area contributed by atoms with E-state index in [1.807, 2.05) is 24.3 Å². The monoisotopic (exact) mass is 396 g/mol. The van der Waals surface area contributed by atoms with E-state index in [2.05, 4.69) is 24.3 Å². The SMILES string of the molecule is CC(C)OC(=O)N1C=CN(c2nsnc2-c2ccc(-n3cnnn3)cc2)C=C1. The maximum Gasteiger partial charge on any atom is 0.418 e. The van der Waals surface area contributed by atoms with E-state index in [1.54, 1.807) is 48.2 Å². The van der Waals surface area contributed by atoms with Crippen LogP contribution in [0.3, 0.4) is 0 Å². The lowest BCUT2D eigenvalue weighted by molar-refractivity contribution is 0.0983. The first-order valence-corrected chi connectivity index (χ1v) is 9.15. The number of carbonyl (C=O) groups is 1. The zero-order chi connectivity index (χ0) is 19.5. The van der Waals surface area contributed by atoms with Crippen molar-refractivity contribution in [3.05, 3.63) is 55.4 Å². The predicted octanol–water partition coefficient (Wildman–Crippen LogP) is 2.79. The molecule has 0 saturated carbocycles. The second kappa shape index (κ2) is 7.56. The minimum Gasteiger partial charge on any atom is -0.446 e. The van der Waals surface area contributed by atoms with Crippen LogP contribution in [-0.4, -0.2) is 46.1 Å². The zero-order valence-corrected chi connectivity index (χ0v) is 15.9. The summed E-state index contributed by atoms with van der Waals surface area (Å²) in [5.74, 6) is 0.671. The largest absolute Gasteiger partial charge is 0.446 e. The molecule has 2 aromatic heterocycles. The summed E-state index contributed by atoms with van der Waals surface area (Å²) in [5, 5.41) is 11.1. The van der Waals surface area contributed by atoms with Crippen LogP contribution >= 0.6 is 11.7 Å². The maximum absolute atomic E-state index is 12.0. The first-order valence-electron chi connectivity index (χ1n) is 8.42. The van der Waals surface area contributed by atoms with Gasteiger partial charge in [-0.05, 0) is 36.4 Å². The first kappa shape index (κ1) is 17.8. The molecular weight excluding hydrogens is 380 g/mol. The second-order valence-corrected chi connectivity index (χ2v) is 6.61. The average Bonchev–Trinajstić information content (AvgIpc) is 3.40. The van der Waals surface area contributed by atoms with Crippen molar-refractivity contribution in [2.24, 2.45) is 0 Å². The van der Waals surface area contributed by atoms with Gasteiger partial charge in [-0.25, -0.2) is 9.48 Å². The van der Waals surface area contributed by atoms with Crippen molar-refractivity contribution in [3.63, 3.8) is 0 Å². The van der Waals surface area contributed by atoms with Crippen molar-refractivity contribution >= 4 is 23.6 Å². The van der Waals surface area contributed by atoms with Gasteiger partial charge in [0.25, 0.3) is 0 Å². The Hall–Kier alpha value is -3.60. The Morgan fingerprint density at radius 3 is 2.46 bits per heavy atom. The molecule has 0 fully saturated rings. The third kappa shape index (κ3) is 3.60. The number of anilines is 1. The summed E-state index contributed by atoms with van der Waals surface area (Å²) >= 11 is 1.12. The minimum absolute atomic E-state index is 0.182. The van der Waals surface area contributed by atoms with E-state index in [4.69, 9.17) is 4.74 Å². The highest BCUT2D eigenvalue weighted by Crippen LogP contribution is 2.30. The summed E-state index contributed by atoms with van der Waals surface area (Å²) in [6.45, 7) is 3.61. The van der Waals surface area contributed by atoms with E-state index >= 15 is 0 Å². The molecule has 0 saturated heterocycles. The van der Waals surface area contributed by atoms with Crippen LogP contribution < -0.4 is 4.90 Å². The highest BCUT2D eigenvalue weighted by molar-refractivity contribution is 6.99. The standard InChI is InChI=1S/C17H16N8O2S/c1-12(2)27-17(26)24-9-7-23(8-10-24)16-15(19-28-20-16)13-3-5-14(6-4-13)25-11-18-21-22-25/h3-12H,1-2H3. The Labute approximate surface area is 164 Å². The molecule has 10 nitrogen and oxygen atoms in total. The third-order valence-corrected chi connectivity index (χ3v) is 4.31. The van der Waals surface area contributed by atoms with Crippen molar-refractivity contribution in [3.8, 4) is 16.9 Å². The Bertz CT molecular complexity index is 996. The molecule has 142 valence electrons. The zero-order valence-electron chi connectivity index (χ0n) is 15.1. The van der Waals surface area contributed by atoms with E-state index < -0.39 is 6.09 Å². The third-order valence-electron chi connectivity index (χ3n) is 3.79. The number of hydrogen-bond acceptors (Lipinski definition) is 9. The molecule has 3 aromatic rings. The highest BCUT2D eigenvalue weighted by atomic mass is 32.1. The molecule has 0 radical (unpaired) electrons. The van der Waals surface area contributed by atoms with E-state index in [0.717, 1.165) is 28.7 Å². The summed E-state index contributed by atoms with van der Waals surface area (Å²) in [4.78, 5) is 15.1. The van der Waals surface area contributed by atoms with Gasteiger partial charge in [-0.1, -0.05) is 12.1 Å². The van der Waals surface area contributed by atoms with E-state index in [0.29, 0.717) is 5.82 Å². The van der Waals surface area contributed by atoms with Crippen molar-refractivity contribution in [1.82, 2.24) is 33.9 Å². The van der Waals surface area contributed by atoms with Gasteiger partial charge in [0.1, 0.15) is 12.0 Å². The molecule has 0 spiro atoms. The molecule has 1 aliphatic heterocycles. The van der Waals surface area contributed by atoms with Crippen LogP contribution in [0.25, 0.3) is 16.9 Å². The molecule has 0 bridgehead atoms. The van der Waals surface area contributed by atoms with Gasteiger partial charge >= 0.3 is 6.09 Å². The van der Waals surface area contributed by atoms with Crippen LogP contribution in [0.4, 0.5) is 10.6 Å². The molecule has 3 heterocycles. The van der Waals surface area contributed by atoms with E-state index in [-0.39, 0.29) is 6.10 Å². The number of nitrogens with zero attached hydrogens (tertiary/aromatic N) is 8. The molecule has 28 heavy (non-hydrogen) atoms. The highest BCUT2D eigenvalue weighted by Gasteiger charge is 2.19. The van der Waals surface area contributed by atoms with E-state index in [9.17, 15) is 4.79 Å². The number of amides is 1. The van der Waals surface area contributed by atoms with Crippen molar-refractivity contribution in [2.75, 3.05) is 4.90 Å².